The number of hydrogen-bond acceptors (Lipinski definition) is 4. The zero-order valence-corrected chi connectivity index (χ0v) is 14.3. The van der Waals surface area contributed by atoms with E-state index in [0.717, 1.165) is 25.9 Å². The molecule has 1 amide bonds. The fourth-order valence-corrected chi connectivity index (χ4v) is 3.22. The van der Waals surface area contributed by atoms with E-state index >= 15 is 0 Å². The number of likely N-dealkylation sites (tertiary alicyclic amines) is 1. The lowest BCUT2D eigenvalue weighted by atomic mass is 9.99. The van der Waals surface area contributed by atoms with Gasteiger partial charge >= 0.3 is 0 Å². The Morgan fingerprint density at radius 2 is 2.21 bits per heavy atom. The molecule has 1 aromatic carbocycles. The zero-order valence-electron chi connectivity index (χ0n) is 14.3. The van der Waals surface area contributed by atoms with Crippen LogP contribution >= 0.6 is 0 Å². The van der Waals surface area contributed by atoms with Crippen molar-refractivity contribution in [1.29, 1.82) is 0 Å². The molecule has 1 aliphatic rings. The standard InChI is InChI=1S/C18H24N4O2/c1-14-6-3-4-8-16(14)11-22-12-17(19-20-22)18(23)21-9-5-7-15(10-21)13-24-2/h3-4,6,8,12,15H,5,7,9-11,13H2,1-2H3/t15-/m1/s1. The molecule has 128 valence electrons. The van der Waals surface area contributed by atoms with Gasteiger partial charge in [-0.1, -0.05) is 29.5 Å². The first kappa shape index (κ1) is 16.6. The molecule has 2 heterocycles. The summed E-state index contributed by atoms with van der Waals surface area (Å²) in [7, 11) is 1.71. The lowest BCUT2D eigenvalue weighted by Gasteiger charge is -2.31. The molecule has 2 aromatic rings. The highest BCUT2D eigenvalue weighted by Gasteiger charge is 2.26. The summed E-state index contributed by atoms with van der Waals surface area (Å²) in [4.78, 5) is 14.5. The molecule has 1 saturated heterocycles. The van der Waals surface area contributed by atoms with E-state index in [2.05, 4.69) is 29.4 Å². The molecular weight excluding hydrogens is 304 g/mol. The highest BCUT2D eigenvalue weighted by molar-refractivity contribution is 5.92. The van der Waals surface area contributed by atoms with Crippen LogP contribution in [0.25, 0.3) is 0 Å². The summed E-state index contributed by atoms with van der Waals surface area (Å²) in [5.74, 6) is 0.376. The number of piperidine rings is 1. The van der Waals surface area contributed by atoms with E-state index in [1.807, 2.05) is 17.0 Å². The van der Waals surface area contributed by atoms with Crippen LogP contribution in [0.1, 0.15) is 34.5 Å². The normalized spacial score (nSPS) is 17.9. The summed E-state index contributed by atoms with van der Waals surface area (Å²) in [5.41, 5.74) is 2.81. The Bertz CT molecular complexity index is 696. The fraction of sp³-hybridized carbons (Fsp3) is 0.500. The average Bonchev–Trinajstić information content (AvgIpc) is 3.05. The molecule has 24 heavy (non-hydrogen) atoms. The molecule has 1 aliphatic heterocycles. The molecule has 0 bridgehead atoms. The van der Waals surface area contributed by atoms with Crippen LogP contribution in [0.2, 0.25) is 0 Å². The maximum Gasteiger partial charge on any atom is 0.276 e. The van der Waals surface area contributed by atoms with E-state index in [-0.39, 0.29) is 5.91 Å². The average molecular weight is 328 g/mol. The Morgan fingerprint density at radius 1 is 1.38 bits per heavy atom. The molecule has 1 aromatic heterocycles. The van der Waals surface area contributed by atoms with Crippen LogP contribution in [0.5, 0.6) is 0 Å². The summed E-state index contributed by atoms with van der Waals surface area (Å²) < 4.78 is 6.96. The molecule has 0 N–H and O–H groups in total. The van der Waals surface area contributed by atoms with Crippen molar-refractivity contribution in [2.45, 2.75) is 26.3 Å². The van der Waals surface area contributed by atoms with Crippen molar-refractivity contribution in [1.82, 2.24) is 19.9 Å². The van der Waals surface area contributed by atoms with Gasteiger partial charge in [-0.3, -0.25) is 4.79 Å². The van der Waals surface area contributed by atoms with Gasteiger partial charge in [-0.2, -0.15) is 0 Å². The highest BCUT2D eigenvalue weighted by atomic mass is 16.5. The Morgan fingerprint density at radius 3 is 3.00 bits per heavy atom. The van der Waals surface area contributed by atoms with E-state index in [4.69, 9.17) is 4.74 Å². The molecule has 0 aliphatic carbocycles. The van der Waals surface area contributed by atoms with E-state index in [1.54, 1.807) is 18.0 Å². The molecule has 0 saturated carbocycles. The monoisotopic (exact) mass is 328 g/mol. The first-order chi connectivity index (χ1) is 11.7. The number of carbonyl (C=O) groups excluding carboxylic acids is 1. The fourth-order valence-electron chi connectivity index (χ4n) is 3.22. The quantitative estimate of drug-likeness (QED) is 0.844. The summed E-state index contributed by atoms with van der Waals surface area (Å²) in [6, 6.07) is 8.16. The second-order valence-electron chi connectivity index (χ2n) is 6.44. The zero-order chi connectivity index (χ0) is 16.9. The van der Waals surface area contributed by atoms with Crippen molar-refractivity contribution in [3.8, 4) is 0 Å². The number of hydrogen-bond donors (Lipinski definition) is 0. The van der Waals surface area contributed by atoms with Gasteiger partial charge in [0.15, 0.2) is 5.69 Å². The molecule has 0 radical (unpaired) electrons. The number of ether oxygens (including phenoxy) is 1. The second-order valence-corrected chi connectivity index (χ2v) is 6.44. The van der Waals surface area contributed by atoms with E-state index in [0.29, 0.717) is 24.8 Å². The van der Waals surface area contributed by atoms with E-state index in [9.17, 15) is 4.79 Å². The number of amides is 1. The molecule has 3 rings (SSSR count). The Kier molecular flexibility index (Phi) is 5.25. The first-order valence-corrected chi connectivity index (χ1v) is 8.40. The summed E-state index contributed by atoms with van der Waals surface area (Å²) >= 11 is 0. The Balaban J connectivity index is 1.66. The number of benzene rings is 1. The Hall–Kier alpha value is -2.21. The van der Waals surface area contributed by atoms with Crippen molar-refractivity contribution in [2.24, 2.45) is 5.92 Å². The number of carbonyl (C=O) groups is 1. The first-order valence-electron chi connectivity index (χ1n) is 8.40. The van der Waals surface area contributed by atoms with Crippen LogP contribution in [-0.4, -0.2) is 52.6 Å². The SMILES string of the molecule is COC[C@@H]1CCCN(C(=O)c2cn(Cc3ccccc3C)nn2)C1. The van der Waals surface area contributed by atoms with Gasteiger partial charge in [0.2, 0.25) is 0 Å². The molecular formula is C18H24N4O2. The van der Waals surface area contributed by atoms with E-state index in [1.165, 1.54) is 11.1 Å². The predicted octanol–water partition coefficient (Wildman–Crippen LogP) is 2.13. The topological polar surface area (TPSA) is 60.2 Å². The summed E-state index contributed by atoms with van der Waals surface area (Å²) in [6.45, 7) is 4.91. The largest absolute Gasteiger partial charge is 0.384 e. The van der Waals surface area contributed by atoms with Gasteiger partial charge < -0.3 is 9.64 Å². The van der Waals surface area contributed by atoms with Gasteiger partial charge in [0, 0.05) is 20.2 Å². The number of aryl methyl sites for hydroxylation is 1. The van der Waals surface area contributed by atoms with Crippen LogP contribution in [0, 0.1) is 12.8 Å². The maximum absolute atomic E-state index is 12.7. The minimum Gasteiger partial charge on any atom is -0.384 e. The van der Waals surface area contributed by atoms with Crippen LogP contribution in [-0.2, 0) is 11.3 Å². The van der Waals surface area contributed by atoms with E-state index < -0.39 is 0 Å². The summed E-state index contributed by atoms with van der Waals surface area (Å²) in [6.07, 6.45) is 3.86. The molecule has 1 fully saturated rings. The van der Waals surface area contributed by atoms with Gasteiger partial charge in [0.25, 0.3) is 5.91 Å². The van der Waals surface area contributed by atoms with Crippen LogP contribution < -0.4 is 0 Å². The third-order valence-electron chi connectivity index (χ3n) is 4.56. The van der Waals surface area contributed by atoms with Crippen molar-refractivity contribution < 1.29 is 9.53 Å². The van der Waals surface area contributed by atoms with Crippen LogP contribution in [0.3, 0.4) is 0 Å². The van der Waals surface area contributed by atoms with Gasteiger partial charge in [0.05, 0.1) is 19.3 Å². The number of nitrogens with zero attached hydrogens (tertiary/aromatic N) is 4. The summed E-state index contributed by atoms with van der Waals surface area (Å²) in [5, 5.41) is 8.20. The van der Waals surface area contributed by atoms with Crippen molar-refractivity contribution in [2.75, 3.05) is 26.8 Å². The van der Waals surface area contributed by atoms with Gasteiger partial charge in [-0.15, -0.1) is 5.10 Å². The maximum atomic E-state index is 12.7. The third-order valence-corrected chi connectivity index (χ3v) is 4.56. The number of rotatable bonds is 5. The number of aromatic nitrogens is 3. The van der Waals surface area contributed by atoms with Crippen molar-refractivity contribution >= 4 is 5.91 Å². The molecule has 1 atom stereocenters. The molecule has 0 unspecified atom stereocenters. The highest BCUT2D eigenvalue weighted by Crippen LogP contribution is 2.18. The van der Waals surface area contributed by atoms with Crippen molar-refractivity contribution in [3.05, 3.63) is 47.3 Å². The van der Waals surface area contributed by atoms with Gasteiger partial charge in [-0.25, -0.2) is 4.68 Å². The van der Waals surface area contributed by atoms with Gasteiger partial charge in [-0.05, 0) is 36.8 Å². The minimum atomic E-state index is -0.0353. The third kappa shape index (κ3) is 3.82. The van der Waals surface area contributed by atoms with Crippen LogP contribution in [0.15, 0.2) is 30.5 Å². The lowest BCUT2D eigenvalue weighted by Crippen LogP contribution is -2.41. The Labute approximate surface area is 142 Å². The predicted molar refractivity (Wildman–Crippen MR) is 90.8 cm³/mol. The second kappa shape index (κ2) is 7.57. The van der Waals surface area contributed by atoms with Crippen LogP contribution in [0.4, 0.5) is 0 Å². The van der Waals surface area contributed by atoms with Gasteiger partial charge in [0.1, 0.15) is 0 Å². The number of methoxy groups -OCH3 is 1. The van der Waals surface area contributed by atoms with Crippen molar-refractivity contribution in [3.63, 3.8) is 0 Å². The molecule has 6 heteroatoms. The molecule has 6 nitrogen and oxygen atoms in total. The lowest BCUT2D eigenvalue weighted by molar-refractivity contribution is 0.0565. The minimum absolute atomic E-state index is 0.0353. The smallest absolute Gasteiger partial charge is 0.276 e. The molecule has 0 spiro atoms.